The van der Waals surface area contributed by atoms with E-state index in [2.05, 4.69) is 0 Å². The molecule has 0 saturated carbocycles. The van der Waals surface area contributed by atoms with Crippen LogP contribution in [0.15, 0.2) is 28.9 Å². The van der Waals surface area contributed by atoms with Crippen LogP contribution in [0.3, 0.4) is 0 Å². The third-order valence-electron chi connectivity index (χ3n) is 2.52. The maximum atomic E-state index is 12.6. The van der Waals surface area contributed by atoms with Crippen LogP contribution in [0.2, 0.25) is 0 Å². The molecule has 0 spiro atoms. The van der Waals surface area contributed by atoms with E-state index >= 15 is 0 Å². The molecule has 0 aliphatic rings. The van der Waals surface area contributed by atoms with Crippen molar-refractivity contribution < 1.29 is 17.6 Å². The van der Waals surface area contributed by atoms with Gasteiger partial charge in [-0.05, 0) is 37.1 Å². The van der Waals surface area contributed by atoms with Crippen molar-refractivity contribution >= 4 is 11.0 Å². The van der Waals surface area contributed by atoms with Crippen molar-refractivity contribution in [2.75, 3.05) is 0 Å². The number of furan rings is 1. The van der Waals surface area contributed by atoms with Gasteiger partial charge in [0.1, 0.15) is 5.58 Å². The molecule has 0 radical (unpaired) electrons. The summed E-state index contributed by atoms with van der Waals surface area (Å²) in [6, 6.07) is 3.34. The maximum absolute atomic E-state index is 12.6. The zero-order valence-corrected chi connectivity index (χ0v) is 9.21. The minimum absolute atomic E-state index is 0.120. The second-order valence-corrected chi connectivity index (χ2v) is 4.15. The van der Waals surface area contributed by atoms with Crippen LogP contribution in [-0.2, 0) is 12.6 Å². The van der Waals surface area contributed by atoms with Crippen LogP contribution in [0, 0.1) is 0 Å². The lowest BCUT2D eigenvalue weighted by Crippen LogP contribution is -2.17. The zero-order chi connectivity index (χ0) is 12.6. The van der Waals surface area contributed by atoms with Crippen LogP contribution in [-0.4, -0.2) is 6.04 Å². The molecule has 0 bridgehead atoms. The summed E-state index contributed by atoms with van der Waals surface area (Å²) in [4.78, 5) is 0. The Hall–Kier alpha value is -1.49. The van der Waals surface area contributed by atoms with Gasteiger partial charge < -0.3 is 10.2 Å². The summed E-state index contributed by atoms with van der Waals surface area (Å²) in [5.41, 5.74) is 6.13. The summed E-state index contributed by atoms with van der Waals surface area (Å²) >= 11 is 0. The number of benzene rings is 1. The molecular formula is C12H12F3NO. The van der Waals surface area contributed by atoms with E-state index in [4.69, 9.17) is 10.2 Å². The molecule has 2 rings (SSSR count). The van der Waals surface area contributed by atoms with Gasteiger partial charge in [0.05, 0.1) is 11.8 Å². The largest absolute Gasteiger partial charge is 0.464 e. The smallest absolute Gasteiger partial charge is 0.416 e. The fourth-order valence-corrected chi connectivity index (χ4v) is 1.76. The molecule has 1 aromatic carbocycles. The molecule has 5 heteroatoms. The van der Waals surface area contributed by atoms with Crippen LogP contribution < -0.4 is 5.73 Å². The average Bonchev–Trinajstić information content (AvgIpc) is 2.59. The average molecular weight is 243 g/mol. The molecule has 1 unspecified atom stereocenters. The maximum Gasteiger partial charge on any atom is 0.416 e. The van der Waals surface area contributed by atoms with Crippen molar-refractivity contribution in [2.45, 2.75) is 25.6 Å². The molecule has 0 aliphatic heterocycles. The van der Waals surface area contributed by atoms with E-state index in [0.29, 0.717) is 23.0 Å². The Bertz CT molecular complexity index is 528. The Kier molecular flexibility index (Phi) is 2.87. The molecule has 2 nitrogen and oxygen atoms in total. The Labute approximate surface area is 96.2 Å². The lowest BCUT2D eigenvalue weighted by molar-refractivity contribution is -0.137. The first-order chi connectivity index (χ1) is 7.88. The summed E-state index contributed by atoms with van der Waals surface area (Å²) in [6.45, 7) is 1.80. The van der Waals surface area contributed by atoms with Gasteiger partial charge in [0.2, 0.25) is 0 Å². The van der Waals surface area contributed by atoms with Crippen LogP contribution in [0.4, 0.5) is 13.2 Å². The Morgan fingerprint density at radius 3 is 2.65 bits per heavy atom. The van der Waals surface area contributed by atoms with Gasteiger partial charge in [0.25, 0.3) is 0 Å². The number of nitrogens with two attached hydrogens (primary N) is 1. The topological polar surface area (TPSA) is 39.2 Å². The minimum Gasteiger partial charge on any atom is -0.464 e. The summed E-state index contributed by atoms with van der Waals surface area (Å²) < 4.78 is 42.9. The highest BCUT2D eigenvalue weighted by Gasteiger charge is 2.30. The normalized spacial score (nSPS) is 14.2. The van der Waals surface area contributed by atoms with Crippen molar-refractivity contribution in [3.05, 3.63) is 35.6 Å². The van der Waals surface area contributed by atoms with Crippen molar-refractivity contribution in [2.24, 2.45) is 5.73 Å². The van der Waals surface area contributed by atoms with Crippen LogP contribution in [0.25, 0.3) is 11.0 Å². The number of halogens is 3. The number of fused-ring (bicyclic) bond motifs is 1. The van der Waals surface area contributed by atoms with Crippen molar-refractivity contribution in [1.29, 1.82) is 0 Å². The van der Waals surface area contributed by atoms with Gasteiger partial charge in [0, 0.05) is 11.4 Å². The highest BCUT2D eigenvalue weighted by Crippen LogP contribution is 2.33. The van der Waals surface area contributed by atoms with Gasteiger partial charge in [0.15, 0.2) is 0 Å². The van der Waals surface area contributed by atoms with Crippen LogP contribution in [0.5, 0.6) is 0 Å². The van der Waals surface area contributed by atoms with Gasteiger partial charge in [-0.25, -0.2) is 0 Å². The number of alkyl halides is 3. The van der Waals surface area contributed by atoms with Crippen molar-refractivity contribution in [3.63, 3.8) is 0 Å². The van der Waals surface area contributed by atoms with Crippen LogP contribution >= 0.6 is 0 Å². The Balaban J connectivity index is 2.50. The first-order valence-electron chi connectivity index (χ1n) is 5.21. The van der Waals surface area contributed by atoms with Gasteiger partial charge >= 0.3 is 6.18 Å². The summed E-state index contributed by atoms with van der Waals surface area (Å²) in [7, 11) is 0. The fraction of sp³-hybridized carbons (Fsp3) is 0.333. The summed E-state index contributed by atoms with van der Waals surface area (Å²) in [6.07, 6.45) is -2.38. The molecule has 92 valence electrons. The number of hydrogen-bond donors (Lipinski definition) is 1. The lowest BCUT2D eigenvalue weighted by Gasteiger charge is -2.07. The van der Waals surface area contributed by atoms with Crippen LogP contribution in [0.1, 0.15) is 18.1 Å². The third kappa shape index (κ3) is 2.44. The summed E-state index contributed by atoms with van der Waals surface area (Å²) in [5, 5.41) is 0.483. The number of rotatable bonds is 2. The molecule has 1 atom stereocenters. The predicted molar refractivity (Wildman–Crippen MR) is 58.6 cm³/mol. The molecule has 2 N–H and O–H groups in total. The standard InChI is InChI=1S/C12H12F3NO/c1-7(16)4-8-6-17-11-3-2-9(5-10(8)11)12(13,14)15/h2-3,5-7H,4,16H2,1H3. The van der Waals surface area contributed by atoms with E-state index in [-0.39, 0.29) is 6.04 Å². The molecule has 2 aromatic rings. The molecule has 1 aromatic heterocycles. The second-order valence-electron chi connectivity index (χ2n) is 4.15. The Morgan fingerprint density at radius 2 is 2.06 bits per heavy atom. The van der Waals surface area contributed by atoms with E-state index in [1.807, 2.05) is 0 Å². The Morgan fingerprint density at radius 1 is 1.35 bits per heavy atom. The monoisotopic (exact) mass is 243 g/mol. The molecule has 1 heterocycles. The molecule has 0 saturated heterocycles. The molecular weight excluding hydrogens is 231 g/mol. The van der Waals surface area contributed by atoms with E-state index in [1.54, 1.807) is 6.92 Å². The molecule has 0 aliphatic carbocycles. The first-order valence-corrected chi connectivity index (χ1v) is 5.21. The zero-order valence-electron chi connectivity index (χ0n) is 9.21. The molecule has 17 heavy (non-hydrogen) atoms. The van der Waals surface area contributed by atoms with Crippen molar-refractivity contribution in [3.8, 4) is 0 Å². The highest BCUT2D eigenvalue weighted by atomic mass is 19.4. The second kappa shape index (κ2) is 4.07. The lowest BCUT2D eigenvalue weighted by atomic mass is 10.0. The fourth-order valence-electron chi connectivity index (χ4n) is 1.76. The first kappa shape index (κ1) is 12.0. The van der Waals surface area contributed by atoms with Gasteiger partial charge in [-0.2, -0.15) is 13.2 Å². The highest BCUT2D eigenvalue weighted by molar-refractivity contribution is 5.82. The van der Waals surface area contributed by atoms with E-state index < -0.39 is 11.7 Å². The minimum atomic E-state index is -4.34. The van der Waals surface area contributed by atoms with Gasteiger partial charge in [-0.1, -0.05) is 0 Å². The SMILES string of the molecule is CC(N)Cc1coc2ccc(C(F)(F)F)cc12. The van der Waals surface area contributed by atoms with Gasteiger partial charge in [-0.3, -0.25) is 0 Å². The number of hydrogen-bond acceptors (Lipinski definition) is 2. The van der Waals surface area contributed by atoms with E-state index in [9.17, 15) is 13.2 Å². The summed E-state index contributed by atoms with van der Waals surface area (Å²) in [5.74, 6) is 0. The molecule has 0 amide bonds. The van der Waals surface area contributed by atoms with Crippen molar-refractivity contribution in [1.82, 2.24) is 0 Å². The predicted octanol–water partition coefficient (Wildman–Crippen LogP) is 3.34. The molecule has 0 fully saturated rings. The van der Waals surface area contributed by atoms with Gasteiger partial charge in [-0.15, -0.1) is 0 Å². The van der Waals surface area contributed by atoms with E-state index in [0.717, 1.165) is 12.1 Å². The third-order valence-corrected chi connectivity index (χ3v) is 2.52. The quantitative estimate of drug-likeness (QED) is 0.878. The van der Waals surface area contributed by atoms with E-state index in [1.165, 1.54) is 12.3 Å².